The summed E-state index contributed by atoms with van der Waals surface area (Å²) in [5.41, 5.74) is 0.707. The highest BCUT2D eigenvalue weighted by molar-refractivity contribution is 9.10. The van der Waals surface area contributed by atoms with E-state index in [9.17, 15) is 13.2 Å². The molecule has 2 aliphatic rings. The van der Waals surface area contributed by atoms with E-state index in [0.717, 1.165) is 4.47 Å². The Bertz CT molecular complexity index is 888. The molecule has 1 amide bonds. The lowest BCUT2D eigenvalue weighted by atomic mass is 10.2. The molecule has 1 aromatic carbocycles. The zero-order chi connectivity index (χ0) is 19.8. The third kappa shape index (κ3) is 4.27. The summed E-state index contributed by atoms with van der Waals surface area (Å²) in [6, 6.07) is 3.33. The molecule has 3 rings (SSSR count). The number of carbonyl (C=O) groups is 1. The lowest BCUT2D eigenvalue weighted by Gasteiger charge is -2.26. The molecule has 2 atom stereocenters. The predicted octanol–water partition coefficient (Wildman–Crippen LogP) is 2.87. The van der Waals surface area contributed by atoms with E-state index in [-0.39, 0.29) is 28.7 Å². The van der Waals surface area contributed by atoms with Crippen LogP contribution in [0.4, 0.5) is 5.69 Å². The monoisotopic (exact) mass is 476 g/mol. The van der Waals surface area contributed by atoms with Gasteiger partial charge in [-0.3, -0.25) is 4.79 Å². The number of sulfone groups is 1. The summed E-state index contributed by atoms with van der Waals surface area (Å²) in [5, 5.41) is 0.363. The average Bonchev–Trinajstić information content (AvgIpc) is 3.01. The number of nitrogens with zero attached hydrogens (tertiary/aromatic N) is 2. The molecule has 1 aromatic rings. The number of hydrogen-bond donors (Lipinski definition) is 0. The van der Waals surface area contributed by atoms with Crippen LogP contribution < -0.4 is 14.4 Å². The number of carbonyl (C=O) groups excluding carboxylic acids is 1. The molecule has 148 valence electrons. The highest BCUT2D eigenvalue weighted by atomic mass is 79.9. The van der Waals surface area contributed by atoms with Crippen molar-refractivity contribution in [3.8, 4) is 11.5 Å². The van der Waals surface area contributed by atoms with Gasteiger partial charge < -0.3 is 14.4 Å². The van der Waals surface area contributed by atoms with Gasteiger partial charge in [-0.1, -0.05) is 11.8 Å². The Morgan fingerprint density at radius 2 is 1.89 bits per heavy atom. The van der Waals surface area contributed by atoms with E-state index in [1.165, 1.54) is 18.7 Å². The fraction of sp³-hybridized carbons (Fsp3) is 0.529. The number of hydrogen-bond acceptors (Lipinski definition) is 6. The van der Waals surface area contributed by atoms with Gasteiger partial charge in [0.25, 0.3) is 0 Å². The minimum atomic E-state index is -3.12. The molecule has 2 fully saturated rings. The Morgan fingerprint density at radius 1 is 1.26 bits per heavy atom. The summed E-state index contributed by atoms with van der Waals surface area (Å²) >= 11 is 4.90. The summed E-state index contributed by atoms with van der Waals surface area (Å²) in [6.07, 6.45) is 0. The maximum absolute atomic E-state index is 12.1. The van der Waals surface area contributed by atoms with Gasteiger partial charge in [0.15, 0.2) is 26.5 Å². The first-order valence-electron chi connectivity index (χ1n) is 8.60. The molecule has 0 aliphatic carbocycles. The molecule has 10 heteroatoms. The van der Waals surface area contributed by atoms with Crippen molar-refractivity contribution in [3.63, 3.8) is 0 Å². The van der Waals surface area contributed by atoms with Gasteiger partial charge in [0, 0.05) is 28.8 Å². The number of benzene rings is 1. The predicted molar refractivity (Wildman–Crippen MR) is 111 cm³/mol. The number of anilines is 1. The SMILES string of the molecule is CCOc1cc(Br)c(N2C(=NC(C)=O)S[C@H]3CS(=O)(=O)C[C@@H]32)cc1OCC. The van der Waals surface area contributed by atoms with E-state index in [0.29, 0.717) is 35.6 Å². The minimum Gasteiger partial charge on any atom is -0.490 e. The molecule has 0 spiro atoms. The maximum Gasteiger partial charge on any atom is 0.244 e. The van der Waals surface area contributed by atoms with Crippen molar-refractivity contribution in [2.75, 3.05) is 29.6 Å². The van der Waals surface area contributed by atoms with E-state index >= 15 is 0 Å². The smallest absolute Gasteiger partial charge is 0.244 e. The number of aliphatic imine (C=N–C) groups is 1. The Kier molecular flexibility index (Phi) is 6.07. The van der Waals surface area contributed by atoms with Gasteiger partial charge in [-0.2, -0.15) is 4.99 Å². The number of ether oxygens (including phenoxy) is 2. The van der Waals surface area contributed by atoms with Gasteiger partial charge in [0.1, 0.15) is 0 Å². The lowest BCUT2D eigenvalue weighted by Crippen LogP contribution is -2.38. The largest absolute Gasteiger partial charge is 0.490 e. The molecule has 2 saturated heterocycles. The van der Waals surface area contributed by atoms with Crippen molar-refractivity contribution in [2.24, 2.45) is 4.99 Å². The second-order valence-corrected chi connectivity index (χ2v) is 10.4. The van der Waals surface area contributed by atoms with Crippen molar-refractivity contribution in [1.29, 1.82) is 0 Å². The van der Waals surface area contributed by atoms with Crippen molar-refractivity contribution in [1.82, 2.24) is 0 Å². The van der Waals surface area contributed by atoms with Gasteiger partial charge >= 0.3 is 0 Å². The van der Waals surface area contributed by atoms with Gasteiger partial charge in [0.2, 0.25) is 5.91 Å². The van der Waals surface area contributed by atoms with Crippen molar-refractivity contribution in [2.45, 2.75) is 32.1 Å². The molecule has 7 nitrogen and oxygen atoms in total. The maximum atomic E-state index is 12.1. The number of fused-ring (bicyclic) bond motifs is 1. The van der Waals surface area contributed by atoms with Crippen molar-refractivity contribution in [3.05, 3.63) is 16.6 Å². The Hall–Kier alpha value is -1.26. The summed E-state index contributed by atoms with van der Waals surface area (Å²) < 4.78 is 36.3. The highest BCUT2D eigenvalue weighted by Gasteiger charge is 2.49. The van der Waals surface area contributed by atoms with E-state index in [2.05, 4.69) is 20.9 Å². The van der Waals surface area contributed by atoms with Gasteiger partial charge in [-0.05, 0) is 29.8 Å². The fourth-order valence-electron chi connectivity index (χ4n) is 3.23. The molecule has 0 bridgehead atoms. The molecule has 27 heavy (non-hydrogen) atoms. The van der Waals surface area contributed by atoms with Crippen molar-refractivity contribution >= 4 is 54.3 Å². The van der Waals surface area contributed by atoms with Gasteiger partial charge in [0.05, 0.1) is 36.4 Å². The van der Waals surface area contributed by atoms with Crippen LogP contribution in [0, 0.1) is 0 Å². The molecule has 0 unspecified atom stereocenters. The number of amides is 1. The van der Waals surface area contributed by atoms with Crippen LogP contribution in [-0.4, -0.2) is 55.5 Å². The van der Waals surface area contributed by atoms with Crippen LogP contribution in [0.15, 0.2) is 21.6 Å². The summed E-state index contributed by atoms with van der Waals surface area (Å²) in [6.45, 7) is 6.11. The quantitative estimate of drug-likeness (QED) is 0.645. The summed E-state index contributed by atoms with van der Waals surface area (Å²) in [5.74, 6) is 0.961. The van der Waals surface area contributed by atoms with Crippen LogP contribution in [0.2, 0.25) is 0 Å². The molecule has 0 N–H and O–H groups in total. The topological polar surface area (TPSA) is 85.3 Å². The molecule has 0 aromatic heterocycles. The molecule has 2 aliphatic heterocycles. The first kappa shape index (κ1) is 20.5. The Labute approximate surface area is 171 Å². The van der Waals surface area contributed by atoms with Crippen molar-refractivity contribution < 1.29 is 22.7 Å². The zero-order valence-corrected chi connectivity index (χ0v) is 18.5. The van der Waals surface area contributed by atoms with E-state index in [4.69, 9.17) is 9.47 Å². The summed E-state index contributed by atoms with van der Waals surface area (Å²) in [4.78, 5) is 17.6. The third-order valence-corrected chi connectivity index (χ3v) is 8.04. The first-order valence-corrected chi connectivity index (χ1v) is 12.1. The van der Waals surface area contributed by atoms with E-state index in [1.54, 1.807) is 6.07 Å². The fourth-order valence-corrected chi connectivity index (χ4v) is 7.69. The van der Waals surface area contributed by atoms with E-state index < -0.39 is 9.84 Å². The molecular weight excluding hydrogens is 456 g/mol. The van der Waals surface area contributed by atoms with Gasteiger partial charge in [-0.25, -0.2) is 8.42 Å². The van der Waals surface area contributed by atoms with Crippen LogP contribution in [0.25, 0.3) is 0 Å². The average molecular weight is 477 g/mol. The molecule has 0 saturated carbocycles. The lowest BCUT2D eigenvalue weighted by molar-refractivity contribution is -0.115. The number of halogens is 1. The van der Waals surface area contributed by atoms with E-state index in [1.807, 2.05) is 24.8 Å². The molecular formula is C17H21BrN2O5S2. The zero-order valence-electron chi connectivity index (χ0n) is 15.3. The second kappa shape index (κ2) is 8.00. The Balaban J connectivity index is 2.10. The first-order chi connectivity index (χ1) is 12.8. The number of thioether (sulfide) groups is 1. The van der Waals surface area contributed by atoms with Crippen LogP contribution in [0.1, 0.15) is 20.8 Å². The van der Waals surface area contributed by atoms with Crippen LogP contribution in [0.3, 0.4) is 0 Å². The third-order valence-electron chi connectivity index (χ3n) is 4.19. The number of amidine groups is 1. The van der Waals surface area contributed by atoms with Crippen LogP contribution in [0.5, 0.6) is 11.5 Å². The highest BCUT2D eigenvalue weighted by Crippen LogP contribution is 2.46. The molecule has 0 radical (unpaired) electrons. The van der Waals surface area contributed by atoms with Crippen LogP contribution >= 0.6 is 27.7 Å². The second-order valence-electron chi connectivity index (χ2n) is 6.20. The number of rotatable bonds is 5. The van der Waals surface area contributed by atoms with Crippen LogP contribution in [-0.2, 0) is 14.6 Å². The normalized spacial score (nSPS) is 24.9. The molecule has 2 heterocycles. The standard InChI is InChI=1S/C17H21BrN2O5S2/c1-4-24-14-6-11(18)12(7-15(14)25-5-2)20-13-8-27(22,23)9-16(13)26-17(20)19-10(3)21/h6-7,13,16H,4-5,8-9H2,1-3H3/t13-,16-/m0/s1. The minimum absolute atomic E-state index is 0.0329. The summed E-state index contributed by atoms with van der Waals surface area (Å²) in [7, 11) is -3.12. The Morgan fingerprint density at radius 3 is 2.48 bits per heavy atom. The van der Waals surface area contributed by atoms with Gasteiger partial charge in [-0.15, -0.1) is 0 Å².